The molecule has 2 amide bonds. The summed E-state index contributed by atoms with van der Waals surface area (Å²) in [5.41, 5.74) is 1.04. The van der Waals surface area contributed by atoms with Crippen molar-refractivity contribution in [1.29, 1.82) is 0 Å². The molecule has 7 nitrogen and oxygen atoms in total. The van der Waals surface area contributed by atoms with Crippen LogP contribution in [0.1, 0.15) is 66.9 Å². The van der Waals surface area contributed by atoms with Crippen LogP contribution in [0.25, 0.3) is 0 Å². The highest BCUT2D eigenvalue weighted by atomic mass is 19.4. The van der Waals surface area contributed by atoms with Crippen LogP contribution < -0.4 is 9.64 Å². The SMILES string of the molecule is O=C(O)CCC(=O)N(C1CC1)C1c2ccc(F)cc2N(C(=O)c2ccc(OC(F)(F)F)cc2)C2CCCC21. The highest BCUT2D eigenvalue weighted by molar-refractivity contribution is 6.07. The summed E-state index contributed by atoms with van der Waals surface area (Å²) in [6.07, 6.45) is -1.63. The molecule has 2 aliphatic carbocycles. The molecule has 0 spiro atoms. The number of benzene rings is 2. The van der Waals surface area contributed by atoms with Gasteiger partial charge in [0.25, 0.3) is 5.91 Å². The quantitative estimate of drug-likeness (QED) is 0.478. The molecule has 0 saturated heterocycles. The Morgan fingerprint density at radius 3 is 2.34 bits per heavy atom. The zero-order valence-electron chi connectivity index (χ0n) is 20.3. The topological polar surface area (TPSA) is 87.2 Å². The van der Waals surface area contributed by atoms with E-state index in [4.69, 9.17) is 5.11 Å². The van der Waals surface area contributed by atoms with Gasteiger partial charge in [0.05, 0.1) is 18.2 Å². The van der Waals surface area contributed by atoms with Gasteiger partial charge in [-0.05, 0) is 67.6 Å². The number of fused-ring (bicyclic) bond motifs is 2. The van der Waals surface area contributed by atoms with Gasteiger partial charge in [-0.1, -0.05) is 12.5 Å². The van der Waals surface area contributed by atoms with Crippen molar-refractivity contribution in [1.82, 2.24) is 4.90 Å². The monoisotopic (exact) mass is 534 g/mol. The average Bonchev–Trinajstić information content (AvgIpc) is 3.57. The highest BCUT2D eigenvalue weighted by Crippen LogP contribution is 2.53. The molecule has 0 bridgehead atoms. The first-order valence-corrected chi connectivity index (χ1v) is 12.6. The summed E-state index contributed by atoms with van der Waals surface area (Å²) in [6, 6.07) is 7.87. The van der Waals surface area contributed by atoms with Crippen LogP contribution in [0.2, 0.25) is 0 Å². The number of alkyl halides is 3. The van der Waals surface area contributed by atoms with E-state index in [0.29, 0.717) is 24.1 Å². The minimum atomic E-state index is -4.86. The Morgan fingerprint density at radius 2 is 1.71 bits per heavy atom. The van der Waals surface area contributed by atoms with Crippen LogP contribution in [-0.2, 0) is 9.59 Å². The molecule has 2 saturated carbocycles. The van der Waals surface area contributed by atoms with E-state index in [1.165, 1.54) is 29.2 Å². The molecule has 11 heteroatoms. The molecular weight excluding hydrogens is 508 g/mol. The summed E-state index contributed by atoms with van der Waals surface area (Å²) in [7, 11) is 0. The Labute approximate surface area is 216 Å². The van der Waals surface area contributed by atoms with Crippen molar-refractivity contribution in [3.63, 3.8) is 0 Å². The standard InChI is InChI=1S/C27H26F4N2O5/c28-16-6-11-20-22(14-16)33(26(37)15-4-9-18(10-5-15)38-27(29,30)31)21-3-1-2-19(21)25(20)32(17-7-8-17)23(34)12-13-24(35)36/h4-6,9-11,14,17,19,21,25H,1-3,7-8,12-13H2,(H,35,36). The fourth-order valence-electron chi connectivity index (χ4n) is 5.88. The second kappa shape index (κ2) is 9.92. The Balaban J connectivity index is 1.52. The van der Waals surface area contributed by atoms with Crippen LogP contribution in [0.3, 0.4) is 0 Å². The number of hydrogen-bond donors (Lipinski definition) is 1. The third-order valence-corrected chi connectivity index (χ3v) is 7.47. The molecule has 38 heavy (non-hydrogen) atoms. The maximum Gasteiger partial charge on any atom is 0.573 e. The van der Waals surface area contributed by atoms with Gasteiger partial charge in [-0.15, -0.1) is 13.2 Å². The van der Waals surface area contributed by atoms with Gasteiger partial charge in [0.2, 0.25) is 5.91 Å². The summed E-state index contributed by atoms with van der Waals surface area (Å²) < 4.78 is 56.1. The molecular formula is C27H26F4N2O5. The van der Waals surface area contributed by atoms with Gasteiger partial charge in [-0.2, -0.15) is 0 Å². The molecule has 1 aliphatic heterocycles. The number of nitrogens with zero attached hydrogens (tertiary/aromatic N) is 2. The number of halogens is 4. The Kier molecular flexibility index (Phi) is 6.79. The van der Waals surface area contributed by atoms with Gasteiger partial charge < -0.3 is 19.6 Å². The first kappa shape index (κ1) is 26.0. The van der Waals surface area contributed by atoms with Crippen LogP contribution in [0.4, 0.5) is 23.2 Å². The van der Waals surface area contributed by atoms with E-state index in [1.807, 2.05) is 0 Å². The predicted octanol–water partition coefficient (Wildman–Crippen LogP) is 5.45. The van der Waals surface area contributed by atoms with Crippen molar-refractivity contribution in [2.24, 2.45) is 5.92 Å². The van der Waals surface area contributed by atoms with E-state index in [1.54, 1.807) is 11.0 Å². The zero-order valence-corrected chi connectivity index (χ0v) is 20.3. The first-order valence-electron chi connectivity index (χ1n) is 12.6. The maximum absolute atomic E-state index is 14.5. The number of aliphatic carboxylic acids is 1. The zero-order chi connectivity index (χ0) is 27.2. The number of carbonyl (C=O) groups excluding carboxylic acids is 2. The lowest BCUT2D eigenvalue weighted by molar-refractivity contribution is -0.274. The van der Waals surface area contributed by atoms with Crippen LogP contribution in [0.15, 0.2) is 42.5 Å². The fourth-order valence-corrected chi connectivity index (χ4v) is 5.88. The van der Waals surface area contributed by atoms with E-state index in [9.17, 15) is 31.9 Å². The lowest BCUT2D eigenvalue weighted by atomic mass is 9.81. The van der Waals surface area contributed by atoms with E-state index < -0.39 is 35.8 Å². The molecule has 3 aliphatic rings. The van der Waals surface area contributed by atoms with E-state index in [2.05, 4.69) is 4.74 Å². The first-order chi connectivity index (χ1) is 18.0. The van der Waals surface area contributed by atoms with Crippen LogP contribution in [0, 0.1) is 11.7 Å². The Hall–Kier alpha value is -3.63. The van der Waals surface area contributed by atoms with Gasteiger partial charge >= 0.3 is 12.3 Å². The second-order valence-corrected chi connectivity index (χ2v) is 9.98. The maximum atomic E-state index is 14.5. The molecule has 3 atom stereocenters. The van der Waals surface area contributed by atoms with Crippen LogP contribution in [-0.4, -0.2) is 46.2 Å². The molecule has 1 N–H and O–H groups in total. The number of rotatable bonds is 7. The molecule has 0 radical (unpaired) electrons. The lowest BCUT2D eigenvalue weighted by Gasteiger charge is -2.48. The minimum absolute atomic E-state index is 0.0381. The number of ether oxygens (including phenoxy) is 1. The van der Waals surface area contributed by atoms with E-state index in [-0.39, 0.29) is 42.3 Å². The van der Waals surface area contributed by atoms with Crippen LogP contribution in [0.5, 0.6) is 5.75 Å². The number of carboxylic acids is 1. The Morgan fingerprint density at radius 1 is 1.00 bits per heavy atom. The fraction of sp³-hybridized carbons (Fsp3) is 0.444. The highest BCUT2D eigenvalue weighted by Gasteiger charge is 2.51. The molecule has 5 rings (SSSR count). The van der Waals surface area contributed by atoms with Crippen molar-refractivity contribution in [3.05, 3.63) is 59.4 Å². The number of amides is 2. The second-order valence-electron chi connectivity index (χ2n) is 9.98. The van der Waals surface area contributed by atoms with Crippen LogP contribution >= 0.6 is 0 Å². The predicted molar refractivity (Wildman–Crippen MR) is 127 cm³/mol. The van der Waals surface area contributed by atoms with Gasteiger partial charge in [0, 0.05) is 30.0 Å². The molecule has 1 heterocycles. The number of hydrogen-bond acceptors (Lipinski definition) is 4. The lowest BCUT2D eigenvalue weighted by Crippen LogP contribution is -2.53. The normalized spacial score (nSPS) is 22.4. The van der Waals surface area contributed by atoms with Gasteiger partial charge in [0.1, 0.15) is 11.6 Å². The van der Waals surface area contributed by atoms with E-state index >= 15 is 0 Å². The molecule has 3 unspecified atom stereocenters. The smallest absolute Gasteiger partial charge is 0.481 e. The van der Waals surface area contributed by atoms with Crippen molar-refractivity contribution >= 4 is 23.5 Å². The number of carboxylic acid groups (broad SMARTS) is 1. The van der Waals surface area contributed by atoms with Gasteiger partial charge in [0.15, 0.2) is 0 Å². The molecule has 2 aromatic rings. The third-order valence-electron chi connectivity index (χ3n) is 7.47. The summed E-state index contributed by atoms with van der Waals surface area (Å²) >= 11 is 0. The molecule has 2 aromatic carbocycles. The minimum Gasteiger partial charge on any atom is -0.481 e. The van der Waals surface area contributed by atoms with Crippen molar-refractivity contribution in [3.8, 4) is 5.75 Å². The van der Waals surface area contributed by atoms with Crippen molar-refractivity contribution < 1.29 is 41.8 Å². The van der Waals surface area contributed by atoms with E-state index in [0.717, 1.165) is 31.4 Å². The van der Waals surface area contributed by atoms with Crippen molar-refractivity contribution in [2.45, 2.75) is 69.4 Å². The number of carbonyl (C=O) groups is 3. The summed E-state index contributed by atoms with van der Waals surface area (Å²) in [6.45, 7) is 0. The molecule has 202 valence electrons. The molecule has 2 fully saturated rings. The summed E-state index contributed by atoms with van der Waals surface area (Å²) in [5, 5.41) is 9.10. The average molecular weight is 535 g/mol. The van der Waals surface area contributed by atoms with Crippen molar-refractivity contribution in [2.75, 3.05) is 4.90 Å². The Bertz CT molecular complexity index is 1250. The number of anilines is 1. The van der Waals surface area contributed by atoms with Gasteiger partial charge in [-0.3, -0.25) is 14.4 Å². The third kappa shape index (κ3) is 5.19. The summed E-state index contributed by atoms with van der Waals surface area (Å²) in [4.78, 5) is 41.4. The molecule has 0 aromatic heterocycles. The summed E-state index contributed by atoms with van der Waals surface area (Å²) in [5.74, 6) is -3.01. The van der Waals surface area contributed by atoms with Gasteiger partial charge in [-0.25, -0.2) is 4.39 Å². The largest absolute Gasteiger partial charge is 0.573 e.